The maximum Gasteiger partial charge on any atom is 0.401 e. The third-order valence-electron chi connectivity index (χ3n) is 2.97. The molecule has 1 rings (SSSR count). The van der Waals surface area contributed by atoms with Crippen LogP contribution in [0.25, 0.3) is 0 Å². The van der Waals surface area contributed by atoms with Gasteiger partial charge in [0.15, 0.2) is 0 Å². The molecule has 0 heterocycles. The molecule has 0 amide bonds. The van der Waals surface area contributed by atoms with Crippen molar-refractivity contribution in [1.29, 1.82) is 0 Å². The minimum atomic E-state index is -4.16. The van der Waals surface area contributed by atoms with E-state index in [4.69, 9.17) is 0 Å². The van der Waals surface area contributed by atoms with Gasteiger partial charge in [-0.3, -0.25) is 4.90 Å². The number of aliphatic hydroxyl groups excluding tert-OH is 1. The highest BCUT2D eigenvalue weighted by Crippen LogP contribution is 2.24. The van der Waals surface area contributed by atoms with Crippen LogP contribution < -0.4 is 5.32 Å². The molecule has 6 heteroatoms. The maximum absolute atomic E-state index is 12.1. The first-order valence-corrected chi connectivity index (χ1v) is 5.88. The second-order valence-electron chi connectivity index (χ2n) is 5.24. The second kappa shape index (κ2) is 5.54. The topological polar surface area (TPSA) is 35.5 Å². The van der Waals surface area contributed by atoms with Crippen LogP contribution in [0.1, 0.15) is 26.2 Å². The normalized spacial score (nSPS) is 20.6. The molecular formula is C11H21F3N2O. The standard InChI is InChI=1S/C11H21F3N2O/c1-10(8-17,15-9-3-4-9)5-6-16(2)7-11(12,13)14/h9,15,17H,3-8H2,1-2H3. The van der Waals surface area contributed by atoms with Crippen LogP contribution in [0.4, 0.5) is 13.2 Å². The maximum atomic E-state index is 12.1. The fourth-order valence-corrected chi connectivity index (χ4v) is 1.74. The fourth-order valence-electron chi connectivity index (χ4n) is 1.74. The van der Waals surface area contributed by atoms with E-state index in [1.165, 1.54) is 11.9 Å². The third kappa shape index (κ3) is 6.24. The molecule has 3 nitrogen and oxygen atoms in total. The highest BCUT2D eigenvalue weighted by atomic mass is 19.4. The summed E-state index contributed by atoms with van der Waals surface area (Å²) in [7, 11) is 1.45. The first-order valence-electron chi connectivity index (χ1n) is 5.88. The minimum absolute atomic E-state index is 0.0522. The van der Waals surface area contributed by atoms with Gasteiger partial charge in [-0.05, 0) is 39.8 Å². The predicted molar refractivity (Wildman–Crippen MR) is 59.8 cm³/mol. The molecule has 0 aromatic rings. The van der Waals surface area contributed by atoms with Crippen molar-refractivity contribution in [3.05, 3.63) is 0 Å². The Morgan fingerprint density at radius 1 is 1.35 bits per heavy atom. The SMILES string of the molecule is CN(CCC(C)(CO)NC1CC1)CC(F)(F)F. The van der Waals surface area contributed by atoms with Crippen LogP contribution in [0.5, 0.6) is 0 Å². The van der Waals surface area contributed by atoms with E-state index in [1.54, 1.807) is 0 Å². The van der Waals surface area contributed by atoms with Crippen molar-refractivity contribution in [2.45, 2.75) is 43.9 Å². The largest absolute Gasteiger partial charge is 0.401 e. The van der Waals surface area contributed by atoms with Gasteiger partial charge in [0.25, 0.3) is 0 Å². The van der Waals surface area contributed by atoms with Crippen LogP contribution in [0.15, 0.2) is 0 Å². The number of rotatable bonds is 7. The summed E-state index contributed by atoms with van der Waals surface area (Å²) in [6.45, 7) is 1.21. The fraction of sp³-hybridized carbons (Fsp3) is 1.00. The summed E-state index contributed by atoms with van der Waals surface area (Å²) in [6, 6.07) is 0.431. The molecular weight excluding hydrogens is 233 g/mol. The Balaban J connectivity index is 2.30. The van der Waals surface area contributed by atoms with Gasteiger partial charge in [0.1, 0.15) is 0 Å². The molecule has 0 saturated heterocycles. The van der Waals surface area contributed by atoms with Crippen LogP contribution in [0.2, 0.25) is 0 Å². The van der Waals surface area contributed by atoms with Crippen molar-refractivity contribution in [3.63, 3.8) is 0 Å². The van der Waals surface area contributed by atoms with Crippen molar-refractivity contribution >= 4 is 0 Å². The van der Waals surface area contributed by atoms with Gasteiger partial charge in [0.05, 0.1) is 13.2 Å². The van der Waals surface area contributed by atoms with Gasteiger partial charge in [-0.25, -0.2) is 0 Å². The summed E-state index contributed by atoms with van der Waals surface area (Å²) in [5.74, 6) is 0. The second-order valence-corrected chi connectivity index (χ2v) is 5.24. The summed E-state index contributed by atoms with van der Waals surface area (Å²) >= 11 is 0. The Hall–Kier alpha value is -0.330. The molecule has 0 aromatic heterocycles. The zero-order valence-electron chi connectivity index (χ0n) is 10.3. The molecule has 0 spiro atoms. The smallest absolute Gasteiger partial charge is 0.394 e. The summed E-state index contributed by atoms with van der Waals surface area (Å²) in [5, 5.41) is 12.6. The van der Waals surface area contributed by atoms with E-state index in [2.05, 4.69) is 5.32 Å². The Labute approximate surface area is 100.0 Å². The summed E-state index contributed by atoms with van der Waals surface area (Å²) in [4.78, 5) is 1.24. The number of hydrogen-bond acceptors (Lipinski definition) is 3. The predicted octanol–water partition coefficient (Wildman–Crippen LogP) is 1.37. The average molecular weight is 254 g/mol. The molecule has 0 aliphatic heterocycles. The molecule has 1 unspecified atom stereocenters. The Kier molecular flexibility index (Phi) is 4.80. The Bertz CT molecular complexity index is 243. The number of nitrogens with one attached hydrogen (secondary N) is 1. The van der Waals surface area contributed by atoms with E-state index in [0.29, 0.717) is 19.0 Å². The number of aliphatic hydroxyl groups is 1. The van der Waals surface area contributed by atoms with Gasteiger partial charge in [-0.15, -0.1) is 0 Å². The van der Waals surface area contributed by atoms with Crippen molar-refractivity contribution in [3.8, 4) is 0 Å². The molecule has 1 atom stereocenters. The number of hydrogen-bond donors (Lipinski definition) is 2. The van der Waals surface area contributed by atoms with Crippen LogP contribution in [0.3, 0.4) is 0 Å². The van der Waals surface area contributed by atoms with E-state index in [-0.39, 0.29) is 6.61 Å². The summed E-state index contributed by atoms with van der Waals surface area (Å²) in [5.41, 5.74) is -0.471. The van der Waals surface area contributed by atoms with Crippen molar-refractivity contribution in [2.75, 3.05) is 26.7 Å². The van der Waals surface area contributed by atoms with Crippen molar-refractivity contribution in [2.24, 2.45) is 0 Å². The molecule has 102 valence electrons. The molecule has 0 aromatic carbocycles. The number of alkyl halides is 3. The highest BCUT2D eigenvalue weighted by molar-refractivity contribution is 4.92. The lowest BCUT2D eigenvalue weighted by atomic mass is 9.98. The van der Waals surface area contributed by atoms with Crippen LogP contribution in [-0.2, 0) is 0 Å². The first kappa shape index (κ1) is 14.7. The van der Waals surface area contributed by atoms with E-state index < -0.39 is 18.3 Å². The molecule has 17 heavy (non-hydrogen) atoms. The van der Waals surface area contributed by atoms with Gasteiger partial charge >= 0.3 is 6.18 Å². The monoisotopic (exact) mass is 254 g/mol. The summed E-state index contributed by atoms with van der Waals surface area (Å²) in [6.07, 6.45) is -1.47. The average Bonchev–Trinajstić information content (AvgIpc) is 2.96. The highest BCUT2D eigenvalue weighted by Gasteiger charge is 2.33. The van der Waals surface area contributed by atoms with Gasteiger partial charge in [0, 0.05) is 11.6 Å². The molecule has 0 radical (unpaired) electrons. The van der Waals surface area contributed by atoms with Crippen LogP contribution in [0, 0.1) is 0 Å². The van der Waals surface area contributed by atoms with E-state index in [9.17, 15) is 18.3 Å². The van der Waals surface area contributed by atoms with Crippen molar-refractivity contribution < 1.29 is 18.3 Å². The molecule has 2 N–H and O–H groups in total. The minimum Gasteiger partial charge on any atom is -0.394 e. The Morgan fingerprint density at radius 2 is 1.94 bits per heavy atom. The lowest BCUT2D eigenvalue weighted by Crippen LogP contribution is -2.49. The van der Waals surface area contributed by atoms with Crippen molar-refractivity contribution in [1.82, 2.24) is 10.2 Å². The molecule has 1 fully saturated rings. The molecule has 1 aliphatic rings. The van der Waals surface area contributed by atoms with Gasteiger partial charge in [-0.1, -0.05) is 0 Å². The van der Waals surface area contributed by atoms with E-state index >= 15 is 0 Å². The lowest BCUT2D eigenvalue weighted by Gasteiger charge is -2.31. The molecule has 1 aliphatic carbocycles. The summed E-state index contributed by atoms with van der Waals surface area (Å²) < 4.78 is 36.4. The van der Waals surface area contributed by atoms with Gasteiger partial charge in [-0.2, -0.15) is 13.2 Å². The number of nitrogens with zero attached hydrogens (tertiary/aromatic N) is 1. The van der Waals surface area contributed by atoms with Crippen LogP contribution >= 0.6 is 0 Å². The number of halogens is 3. The first-order chi connectivity index (χ1) is 7.74. The van der Waals surface area contributed by atoms with Gasteiger partial charge < -0.3 is 10.4 Å². The Morgan fingerprint density at radius 3 is 2.35 bits per heavy atom. The van der Waals surface area contributed by atoms with E-state index in [1.807, 2.05) is 6.92 Å². The molecule has 1 saturated carbocycles. The molecule has 0 bridgehead atoms. The zero-order valence-corrected chi connectivity index (χ0v) is 10.3. The van der Waals surface area contributed by atoms with Crippen LogP contribution in [-0.4, -0.2) is 54.5 Å². The van der Waals surface area contributed by atoms with E-state index in [0.717, 1.165) is 12.8 Å². The lowest BCUT2D eigenvalue weighted by molar-refractivity contribution is -0.143. The zero-order chi connectivity index (χ0) is 13.1. The van der Waals surface area contributed by atoms with Gasteiger partial charge in [0.2, 0.25) is 0 Å². The quantitative estimate of drug-likeness (QED) is 0.720. The third-order valence-corrected chi connectivity index (χ3v) is 2.97.